The third kappa shape index (κ3) is 6.42. The highest BCUT2D eigenvalue weighted by Gasteiger charge is 2.31. The quantitative estimate of drug-likeness (QED) is 0.665. The normalized spacial score (nSPS) is 19.1. The van der Waals surface area contributed by atoms with Gasteiger partial charge in [-0.25, -0.2) is 0 Å². The summed E-state index contributed by atoms with van der Waals surface area (Å²) >= 11 is 0. The molecule has 1 aliphatic carbocycles. The van der Waals surface area contributed by atoms with Gasteiger partial charge < -0.3 is 15.2 Å². The molecule has 0 saturated heterocycles. The van der Waals surface area contributed by atoms with Crippen molar-refractivity contribution in [3.8, 4) is 0 Å². The number of carbonyl (C=O) groups is 1. The molecule has 5 heteroatoms. The standard InChI is InChI=1S/C15H29NO3.ClH/c1-5-13(6-2)14(18-9-12-7-8-12)11(4)19-15(17)10(3)16;/h10-14H,5-9,16H2,1-4H3;1H/t10-,11-,14-;/m0./s1. The van der Waals surface area contributed by atoms with Crippen LogP contribution in [0.3, 0.4) is 0 Å². The summed E-state index contributed by atoms with van der Waals surface area (Å²) in [6, 6.07) is -0.576. The van der Waals surface area contributed by atoms with Crippen LogP contribution in [-0.4, -0.2) is 30.8 Å². The molecule has 0 heterocycles. The molecule has 1 fully saturated rings. The zero-order chi connectivity index (χ0) is 14.4. The SMILES string of the molecule is CCC(CC)[C@@H](OCC1CC1)[C@H](C)OC(=O)[C@H](C)N.Cl. The number of carbonyl (C=O) groups excluding carboxylic acids is 1. The first-order chi connectivity index (χ1) is 8.99. The van der Waals surface area contributed by atoms with E-state index in [1.165, 1.54) is 12.8 Å². The van der Waals surface area contributed by atoms with E-state index in [0.29, 0.717) is 11.8 Å². The Kier molecular flexibility index (Phi) is 9.43. The topological polar surface area (TPSA) is 61.5 Å². The van der Waals surface area contributed by atoms with Crippen LogP contribution < -0.4 is 5.73 Å². The van der Waals surface area contributed by atoms with Crippen LogP contribution in [0.25, 0.3) is 0 Å². The van der Waals surface area contributed by atoms with Crippen LogP contribution in [-0.2, 0) is 14.3 Å². The minimum atomic E-state index is -0.576. The Labute approximate surface area is 129 Å². The summed E-state index contributed by atoms with van der Waals surface area (Å²) in [5.41, 5.74) is 5.54. The molecule has 0 spiro atoms. The lowest BCUT2D eigenvalue weighted by Gasteiger charge is -2.31. The van der Waals surface area contributed by atoms with Crippen molar-refractivity contribution < 1.29 is 14.3 Å². The maximum Gasteiger partial charge on any atom is 0.322 e. The summed E-state index contributed by atoms with van der Waals surface area (Å²) < 4.78 is 11.5. The molecule has 0 bridgehead atoms. The number of esters is 1. The van der Waals surface area contributed by atoms with Crippen LogP contribution in [0, 0.1) is 11.8 Å². The van der Waals surface area contributed by atoms with Gasteiger partial charge in [0, 0.05) is 6.61 Å². The summed E-state index contributed by atoms with van der Waals surface area (Å²) in [6.45, 7) is 8.66. The Morgan fingerprint density at radius 3 is 2.20 bits per heavy atom. The second-order valence-electron chi connectivity index (χ2n) is 5.75. The van der Waals surface area contributed by atoms with Crippen LogP contribution in [0.2, 0.25) is 0 Å². The van der Waals surface area contributed by atoms with Crippen molar-refractivity contribution in [1.29, 1.82) is 0 Å². The molecule has 1 aliphatic rings. The number of hydrogen-bond donors (Lipinski definition) is 1. The number of rotatable bonds is 9. The van der Waals surface area contributed by atoms with Gasteiger partial charge in [-0.15, -0.1) is 12.4 Å². The second-order valence-corrected chi connectivity index (χ2v) is 5.75. The van der Waals surface area contributed by atoms with Gasteiger partial charge in [-0.1, -0.05) is 26.7 Å². The fourth-order valence-corrected chi connectivity index (χ4v) is 2.30. The van der Waals surface area contributed by atoms with Crippen LogP contribution >= 0.6 is 12.4 Å². The average molecular weight is 308 g/mol. The van der Waals surface area contributed by atoms with Gasteiger partial charge >= 0.3 is 5.97 Å². The number of nitrogens with two attached hydrogens (primary N) is 1. The van der Waals surface area contributed by atoms with Crippen molar-refractivity contribution in [3.05, 3.63) is 0 Å². The van der Waals surface area contributed by atoms with E-state index < -0.39 is 6.04 Å². The first kappa shape index (κ1) is 19.7. The molecule has 0 radical (unpaired) electrons. The Bertz CT molecular complexity index is 278. The Morgan fingerprint density at radius 1 is 1.25 bits per heavy atom. The van der Waals surface area contributed by atoms with E-state index in [1.807, 2.05) is 6.92 Å². The van der Waals surface area contributed by atoms with Gasteiger partial charge in [0.25, 0.3) is 0 Å². The fraction of sp³-hybridized carbons (Fsp3) is 0.933. The molecular weight excluding hydrogens is 278 g/mol. The summed E-state index contributed by atoms with van der Waals surface area (Å²) in [5, 5.41) is 0. The van der Waals surface area contributed by atoms with Crippen LogP contribution in [0.5, 0.6) is 0 Å². The van der Waals surface area contributed by atoms with Gasteiger partial charge in [0.15, 0.2) is 0 Å². The molecule has 0 amide bonds. The van der Waals surface area contributed by atoms with Crippen molar-refractivity contribution in [3.63, 3.8) is 0 Å². The zero-order valence-electron chi connectivity index (χ0n) is 13.1. The maximum absolute atomic E-state index is 11.6. The van der Waals surface area contributed by atoms with Crippen LogP contribution in [0.15, 0.2) is 0 Å². The second kappa shape index (κ2) is 9.59. The van der Waals surface area contributed by atoms with Gasteiger partial charge in [0.1, 0.15) is 12.1 Å². The Morgan fingerprint density at radius 2 is 1.80 bits per heavy atom. The minimum Gasteiger partial charge on any atom is -0.459 e. The lowest BCUT2D eigenvalue weighted by Crippen LogP contribution is -2.40. The number of halogens is 1. The van der Waals surface area contributed by atoms with Gasteiger partial charge in [0.2, 0.25) is 0 Å². The van der Waals surface area contributed by atoms with E-state index in [-0.39, 0.29) is 30.6 Å². The fourth-order valence-electron chi connectivity index (χ4n) is 2.30. The van der Waals surface area contributed by atoms with E-state index in [9.17, 15) is 4.79 Å². The van der Waals surface area contributed by atoms with Crippen LogP contribution in [0.1, 0.15) is 53.4 Å². The Hall–Kier alpha value is -0.320. The molecular formula is C15H30ClNO3. The summed E-state index contributed by atoms with van der Waals surface area (Å²) in [7, 11) is 0. The van der Waals surface area contributed by atoms with Crippen molar-refractivity contribution in [2.24, 2.45) is 17.6 Å². The number of hydrogen-bond acceptors (Lipinski definition) is 4. The third-order valence-electron chi connectivity index (χ3n) is 3.87. The van der Waals surface area contributed by atoms with Crippen molar-refractivity contribution >= 4 is 18.4 Å². The average Bonchev–Trinajstić information content (AvgIpc) is 3.18. The van der Waals surface area contributed by atoms with Gasteiger partial charge in [0.05, 0.1) is 6.10 Å². The van der Waals surface area contributed by atoms with E-state index in [0.717, 1.165) is 19.4 Å². The molecule has 0 aliphatic heterocycles. The van der Waals surface area contributed by atoms with Gasteiger partial charge in [-0.05, 0) is 38.5 Å². The third-order valence-corrected chi connectivity index (χ3v) is 3.87. The molecule has 1 saturated carbocycles. The molecule has 0 unspecified atom stereocenters. The lowest BCUT2D eigenvalue weighted by atomic mass is 9.93. The summed E-state index contributed by atoms with van der Waals surface area (Å²) in [4.78, 5) is 11.6. The zero-order valence-corrected chi connectivity index (χ0v) is 13.9. The maximum atomic E-state index is 11.6. The summed E-state index contributed by atoms with van der Waals surface area (Å²) in [6.07, 6.45) is 4.35. The van der Waals surface area contributed by atoms with Crippen molar-refractivity contribution in [2.45, 2.75) is 71.6 Å². The number of ether oxygens (including phenoxy) is 2. The van der Waals surface area contributed by atoms with Gasteiger partial charge in [-0.3, -0.25) is 4.79 Å². The molecule has 4 nitrogen and oxygen atoms in total. The predicted octanol–water partition coefficient (Wildman–Crippen LogP) is 2.92. The van der Waals surface area contributed by atoms with E-state index in [1.54, 1.807) is 6.92 Å². The largest absolute Gasteiger partial charge is 0.459 e. The first-order valence-electron chi connectivity index (χ1n) is 7.57. The van der Waals surface area contributed by atoms with Gasteiger partial charge in [-0.2, -0.15) is 0 Å². The smallest absolute Gasteiger partial charge is 0.322 e. The van der Waals surface area contributed by atoms with E-state index in [2.05, 4.69) is 13.8 Å². The lowest BCUT2D eigenvalue weighted by molar-refractivity contribution is -0.161. The van der Waals surface area contributed by atoms with E-state index in [4.69, 9.17) is 15.2 Å². The highest BCUT2D eigenvalue weighted by molar-refractivity contribution is 5.85. The molecule has 0 aromatic carbocycles. The first-order valence-corrected chi connectivity index (χ1v) is 7.57. The molecule has 1 rings (SSSR count). The molecule has 120 valence electrons. The molecule has 2 N–H and O–H groups in total. The molecule has 20 heavy (non-hydrogen) atoms. The minimum absolute atomic E-state index is 0. The van der Waals surface area contributed by atoms with Crippen molar-refractivity contribution in [1.82, 2.24) is 0 Å². The Balaban J connectivity index is 0.00000361. The molecule has 3 atom stereocenters. The summed E-state index contributed by atoms with van der Waals surface area (Å²) in [5.74, 6) is 0.793. The highest BCUT2D eigenvalue weighted by atomic mass is 35.5. The van der Waals surface area contributed by atoms with Crippen LogP contribution in [0.4, 0.5) is 0 Å². The highest BCUT2D eigenvalue weighted by Crippen LogP contribution is 2.31. The van der Waals surface area contributed by atoms with Crippen molar-refractivity contribution in [2.75, 3.05) is 6.61 Å². The molecule has 0 aromatic rings. The van der Waals surface area contributed by atoms with E-state index >= 15 is 0 Å². The molecule has 0 aromatic heterocycles. The predicted molar refractivity (Wildman–Crippen MR) is 83.0 cm³/mol. The monoisotopic (exact) mass is 307 g/mol.